The molecule has 2 rings (SSSR count). The van der Waals surface area contributed by atoms with Gasteiger partial charge in [-0.15, -0.1) is 0 Å². The van der Waals surface area contributed by atoms with Crippen molar-refractivity contribution in [3.63, 3.8) is 0 Å². The molecular formula is C15H20ClFN2O2. The highest BCUT2D eigenvalue weighted by molar-refractivity contribution is 6.32. The first-order valence-electron chi connectivity index (χ1n) is 7.13. The van der Waals surface area contributed by atoms with Gasteiger partial charge in [-0.3, -0.25) is 9.69 Å². The van der Waals surface area contributed by atoms with E-state index in [4.69, 9.17) is 22.1 Å². The van der Waals surface area contributed by atoms with Crippen LogP contribution in [0, 0.1) is 11.7 Å². The zero-order chi connectivity index (χ0) is 15.2. The molecule has 0 bridgehead atoms. The average molecular weight is 315 g/mol. The molecular weight excluding hydrogens is 295 g/mol. The number of amides is 1. The molecule has 1 heterocycles. The molecule has 1 atom stereocenters. The average Bonchev–Trinajstić information content (AvgIpc) is 2.41. The fraction of sp³-hybridized carbons (Fsp3) is 0.533. The van der Waals surface area contributed by atoms with Gasteiger partial charge in [-0.05, 0) is 43.5 Å². The van der Waals surface area contributed by atoms with Gasteiger partial charge in [0.2, 0.25) is 5.91 Å². The maximum atomic E-state index is 12.9. The number of rotatable bonds is 6. The van der Waals surface area contributed by atoms with Crippen LogP contribution in [0.2, 0.25) is 5.02 Å². The Morgan fingerprint density at radius 1 is 1.52 bits per heavy atom. The normalized spacial score (nSPS) is 19.4. The first-order valence-corrected chi connectivity index (χ1v) is 7.51. The van der Waals surface area contributed by atoms with Crippen molar-refractivity contribution in [1.29, 1.82) is 0 Å². The van der Waals surface area contributed by atoms with Crippen LogP contribution < -0.4 is 10.5 Å². The van der Waals surface area contributed by atoms with Gasteiger partial charge in [0.1, 0.15) is 18.2 Å². The molecule has 6 heteroatoms. The quantitative estimate of drug-likeness (QED) is 0.877. The number of carbonyl (C=O) groups excluding carboxylic acids is 1. The van der Waals surface area contributed by atoms with Gasteiger partial charge in [0.25, 0.3) is 0 Å². The highest BCUT2D eigenvalue weighted by Gasteiger charge is 2.21. The molecule has 21 heavy (non-hydrogen) atoms. The number of nitrogens with zero attached hydrogens (tertiary/aromatic N) is 1. The van der Waals surface area contributed by atoms with Crippen molar-refractivity contribution in [2.24, 2.45) is 11.7 Å². The summed E-state index contributed by atoms with van der Waals surface area (Å²) in [5.74, 6) is 0.211. The third-order valence-corrected chi connectivity index (χ3v) is 3.95. The number of likely N-dealkylation sites (tertiary alicyclic amines) is 1. The summed E-state index contributed by atoms with van der Waals surface area (Å²) < 4.78 is 18.5. The Kier molecular flexibility index (Phi) is 5.82. The van der Waals surface area contributed by atoms with Gasteiger partial charge < -0.3 is 10.5 Å². The first kappa shape index (κ1) is 16.0. The topological polar surface area (TPSA) is 55.6 Å². The largest absolute Gasteiger partial charge is 0.491 e. The van der Waals surface area contributed by atoms with Crippen molar-refractivity contribution in [3.8, 4) is 5.75 Å². The molecule has 4 nitrogen and oxygen atoms in total. The van der Waals surface area contributed by atoms with E-state index in [1.54, 1.807) is 0 Å². The lowest BCUT2D eigenvalue weighted by Crippen LogP contribution is -2.39. The van der Waals surface area contributed by atoms with Crippen LogP contribution in [0.15, 0.2) is 18.2 Å². The molecule has 1 aromatic rings. The number of primary amides is 1. The zero-order valence-electron chi connectivity index (χ0n) is 11.9. The van der Waals surface area contributed by atoms with Crippen LogP contribution >= 0.6 is 11.6 Å². The Labute approximate surface area is 129 Å². The van der Waals surface area contributed by atoms with Crippen LogP contribution in [0.5, 0.6) is 5.75 Å². The molecule has 116 valence electrons. The van der Waals surface area contributed by atoms with Gasteiger partial charge in [-0.2, -0.15) is 0 Å². The number of nitrogens with two attached hydrogens (primary N) is 1. The number of benzene rings is 1. The number of ether oxygens (including phenoxy) is 1. The highest BCUT2D eigenvalue weighted by atomic mass is 35.5. The van der Waals surface area contributed by atoms with E-state index < -0.39 is 0 Å². The van der Waals surface area contributed by atoms with Crippen LogP contribution in [0.3, 0.4) is 0 Å². The smallest absolute Gasteiger partial charge is 0.217 e. The molecule has 0 aromatic heterocycles. The van der Waals surface area contributed by atoms with Gasteiger partial charge in [0.15, 0.2) is 0 Å². The second-order valence-electron chi connectivity index (χ2n) is 5.40. The minimum absolute atomic E-state index is 0.240. The summed E-state index contributed by atoms with van der Waals surface area (Å²) in [6.45, 7) is 3.09. The zero-order valence-corrected chi connectivity index (χ0v) is 12.6. The number of hydrogen-bond acceptors (Lipinski definition) is 3. The molecule has 1 aromatic carbocycles. The summed E-state index contributed by atoms with van der Waals surface area (Å²) >= 11 is 5.90. The fourth-order valence-electron chi connectivity index (χ4n) is 2.68. The molecule has 1 amide bonds. The molecule has 2 N–H and O–H groups in total. The van der Waals surface area contributed by atoms with E-state index in [0.717, 1.165) is 32.5 Å². The third-order valence-electron chi connectivity index (χ3n) is 3.65. The van der Waals surface area contributed by atoms with E-state index in [1.165, 1.54) is 18.2 Å². The van der Waals surface area contributed by atoms with Crippen LogP contribution in [0.1, 0.15) is 19.3 Å². The molecule has 0 aliphatic carbocycles. The van der Waals surface area contributed by atoms with Crippen LogP contribution in [0.4, 0.5) is 4.39 Å². The lowest BCUT2D eigenvalue weighted by molar-refractivity contribution is -0.119. The minimum Gasteiger partial charge on any atom is -0.491 e. The van der Waals surface area contributed by atoms with E-state index >= 15 is 0 Å². The predicted octanol–water partition coefficient (Wildman–Crippen LogP) is 2.45. The van der Waals surface area contributed by atoms with Gasteiger partial charge in [0, 0.05) is 19.5 Å². The van der Waals surface area contributed by atoms with Gasteiger partial charge >= 0.3 is 0 Å². The van der Waals surface area contributed by atoms with E-state index in [-0.39, 0.29) is 16.7 Å². The van der Waals surface area contributed by atoms with E-state index in [9.17, 15) is 9.18 Å². The summed E-state index contributed by atoms with van der Waals surface area (Å²) in [7, 11) is 0. The van der Waals surface area contributed by atoms with Gasteiger partial charge in [0.05, 0.1) is 5.02 Å². The van der Waals surface area contributed by atoms with E-state index in [0.29, 0.717) is 24.7 Å². The number of carbonyl (C=O) groups is 1. The van der Waals surface area contributed by atoms with Crippen LogP contribution in [-0.2, 0) is 4.79 Å². The predicted molar refractivity (Wildman–Crippen MR) is 79.9 cm³/mol. The molecule has 1 saturated heterocycles. The van der Waals surface area contributed by atoms with E-state index in [2.05, 4.69) is 4.90 Å². The monoisotopic (exact) mass is 314 g/mol. The maximum Gasteiger partial charge on any atom is 0.217 e. The van der Waals surface area contributed by atoms with E-state index in [1.807, 2.05) is 0 Å². The number of halogens is 2. The van der Waals surface area contributed by atoms with Crippen molar-refractivity contribution in [3.05, 3.63) is 29.0 Å². The molecule has 1 aliphatic rings. The van der Waals surface area contributed by atoms with Crippen molar-refractivity contribution >= 4 is 17.5 Å². The maximum absolute atomic E-state index is 12.9. The molecule has 0 radical (unpaired) electrons. The molecule has 1 fully saturated rings. The van der Waals surface area contributed by atoms with Crippen LogP contribution in [0.25, 0.3) is 0 Å². The summed E-state index contributed by atoms with van der Waals surface area (Å²) in [5, 5.41) is 0.278. The Balaban J connectivity index is 1.76. The molecule has 0 saturated carbocycles. The second-order valence-corrected chi connectivity index (χ2v) is 5.81. The molecule has 0 unspecified atom stereocenters. The third kappa shape index (κ3) is 5.17. The summed E-state index contributed by atoms with van der Waals surface area (Å²) in [6.07, 6.45) is 2.56. The summed E-state index contributed by atoms with van der Waals surface area (Å²) in [5.41, 5.74) is 5.25. The Morgan fingerprint density at radius 3 is 3.05 bits per heavy atom. The van der Waals surface area contributed by atoms with Crippen molar-refractivity contribution in [2.45, 2.75) is 19.3 Å². The van der Waals surface area contributed by atoms with Gasteiger partial charge in [-0.25, -0.2) is 4.39 Å². The van der Waals surface area contributed by atoms with Crippen molar-refractivity contribution in [2.75, 3.05) is 26.2 Å². The molecule has 1 aliphatic heterocycles. The summed E-state index contributed by atoms with van der Waals surface area (Å²) in [4.78, 5) is 13.2. The van der Waals surface area contributed by atoms with Gasteiger partial charge in [-0.1, -0.05) is 11.6 Å². The van der Waals surface area contributed by atoms with Crippen molar-refractivity contribution in [1.82, 2.24) is 4.90 Å². The van der Waals surface area contributed by atoms with Crippen molar-refractivity contribution < 1.29 is 13.9 Å². The minimum atomic E-state index is -0.377. The Morgan fingerprint density at radius 2 is 2.33 bits per heavy atom. The first-order chi connectivity index (χ1) is 10.0. The molecule has 0 spiro atoms. The summed E-state index contributed by atoms with van der Waals surface area (Å²) in [6, 6.07) is 4.09. The Bertz CT molecular complexity index is 499. The van der Waals surface area contributed by atoms with Crippen LogP contribution in [-0.4, -0.2) is 37.0 Å². The fourth-order valence-corrected chi connectivity index (χ4v) is 2.90. The lowest BCUT2D eigenvalue weighted by atomic mass is 9.94. The Hall–Kier alpha value is -1.33. The standard InChI is InChI=1S/C15H20ClFN2O2/c16-13-9-12(17)3-4-14(13)21-7-6-19-5-1-2-11(10-19)8-15(18)20/h3-4,9,11H,1-2,5-8,10H2,(H2,18,20)/t11-/m1/s1. The lowest BCUT2D eigenvalue weighted by Gasteiger charge is -2.32. The number of piperidine rings is 1. The number of hydrogen-bond donors (Lipinski definition) is 1. The second kappa shape index (κ2) is 7.61. The SMILES string of the molecule is NC(=O)C[C@H]1CCCN(CCOc2ccc(F)cc2Cl)C1. The highest BCUT2D eigenvalue weighted by Crippen LogP contribution is 2.25.